The summed E-state index contributed by atoms with van der Waals surface area (Å²) in [6.45, 7) is 8.59. The van der Waals surface area contributed by atoms with E-state index in [2.05, 4.69) is 38.0 Å². The van der Waals surface area contributed by atoms with Crippen molar-refractivity contribution in [3.05, 3.63) is 35.6 Å². The van der Waals surface area contributed by atoms with E-state index in [0.717, 1.165) is 19.5 Å². The van der Waals surface area contributed by atoms with Crippen molar-refractivity contribution in [2.24, 2.45) is 0 Å². The Hall–Kier alpha value is -0.930. The first kappa shape index (κ1) is 15.1. The summed E-state index contributed by atoms with van der Waals surface area (Å²) in [4.78, 5) is 2.32. The Morgan fingerprint density at radius 2 is 1.78 bits per heavy atom. The average molecular weight is 252 g/mol. The van der Waals surface area contributed by atoms with Gasteiger partial charge in [0.2, 0.25) is 0 Å². The molecule has 0 spiro atoms. The first-order valence-electron chi connectivity index (χ1n) is 6.67. The predicted octanol–water partition coefficient (Wildman–Crippen LogP) is 2.69. The Bertz CT molecular complexity index is 335. The van der Waals surface area contributed by atoms with E-state index >= 15 is 0 Å². The lowest BCUT2D eigenvalue weighted by molar-refractivity contribution is 0.269. The molecule has 0 aliphatic heterocycles. The summed E-state index contributed by atoms with van der Waals surface area (Å²) >= 11 is 0. The highest BCUT2D eigenvalue weighted by Crippen LogP contribution is 2.05. The highest BCUT2D eigenvalue weighted by atomic mass is 19.1. The minimum absolute atomic E-state index is 0.169. The second-order valence-electron chi connectivity index (χ2n) is 5.26. The molecule has 0 fully saturated rings. The van der Waals surface area contributed by atoms with Gasteiger partial charge < -0.3 is 10.2 Å². The second-order valence-corrected chi connectivity index (χ2v) is 5.26. The fourth-order valence-corrected chi connectivity index (χ4v) is 1.79. The van der Waals surface area contributed by atoms with Crippen LogP contribution in [0.3, 0.4) is 0 Å². The lowest BCUT2D eigenvalue weighted by Gasteiger charge is -2.22. The number of benzene rings is 1. The monoisotopic (exact) mass is 252 g/mol. The molecule has 0 aliphatic rings. The number of hydrogen-bond donors (Lipinski definition) is 1. The van der Waals surface area contributed by atoms with E-state index < -0.39 is 0 Å². The lowest BCUT2D eigenvalue weighted by Crippen LogP contribution is -2.37. The zero-order valence-electron chi connectivity index (χ0n) is 11.9. The molecule has 0 amide bonds. The van der Waals surface area contributed by atoms with Gasteiger partial charge in [-0.1, -0.05) is 12.1 Å². The molecule has 0 aromatic heterocycles. The van der Waals surface area contributed by atoms with Crippen molar-refractivity contribution in [3.63, 3.8) is 0 Å². The van der Waals surface area contributed by atoms with E-state index in [0.29, 0.717) is 12.1 Å². The van der Waals surface area contributed by atoms with Gasteiger partial charge in [0.1, 0.15) is 5.82 Å². The van der Waals surface area contributed by atoms with Crippen molar-refractivity contribution in [1.29, 1.82) is 0 Å². The molecule has 0 aliphatic carbocycles. The van der Waals surface area contributed by atoms with Crippen molar-refractivity contribution >= 4 is 0 Å². The van der Waals surface area contributed by atoms with Crippen LogP contribution in [0.2, 0.25) is 0 Å². The van der Waals surface area contributed by atoms with Gasteiger partial charge in [0.25, 0.3) is 0 Å². The van der Waals surface area contributed by atoms with Gasteiger partial charge >= 0.3 is 0 Å². The van der Waals surface area contributed by atoms with E-state index in [1.165, 1.54) is 17.7 Å². The molecule has 102 valence electrons. The number of rotatable bonds is 7. The van der Waals surface area contributed by atoms with Gasteiger partial charge in [-0.3, -0.25) is 0 Å². The fourth-order valence-electron chi connectivity index (χ4n) is 1.79. The third kappa shape index (κ3) is 5.61. The Morgan fingerprint density at radius 1 is 1.17 bits per heavy atom. The summed E-state index contributed by atoms with van der Waals surface area (Å²) < 4.78 is 12.8. The third-order valence-electron chi connectivity index (χ3n) is 3.29. The molecule has 1 rings (SSSR count). The highest BCUT2D eigenvalue weighted by molar-refractivity contribution is 5.16. The van der Waals surface area contributed by atoms with Gasteiger partial charge in [0.15, 0.2) is 0 Å². The number of likely N-dealkylation sites (N-methyl/N-ethyl adjacent to an activating group) is 1. The maximum Gasteiger partial charge on any atom is 0.123 e. The summed E-state index contributed by atoms with van der Waals surface area (Å²) in [5.74, 6) is -0.169. The molecule has 0 saturated heterocycles. The van der Waals surface area contributed by atoms with Crippen LogP contribution >= 0.6 is 0 Å². The van der Waals surface area contributed by atoms with Gasteiger partial charge in [-0.2, -0.15) is 0 Å². The Morgan fingerprint density at radius 3 is 2.33 bits per heavy atom. The van der Waals surface area contributed by atoms with Crippen molar-refractivity contribution in [3.8, 4) is 0 Å². The van der Waals surface area contributed by atoms with Crippen molar-refractivity contribution in [1.82, 2.24) is 10.2 Å². The topological polar surface area (TPSA) is 15.3 Å². The van der Waals surface area contributed by atoms with Gasteiger partial charge in [0, 0.05) is 25.2 Å². The predicted molar refractivity (Wildman–Crippen MR) is 75.3 cm³/mol. The normalized spacial score (nSPS) is 13.3. The van der Waals surface area contributed by atoms with E-state index in [9.17, 15) is 4.39 Å². The molecule has 2 nitrogen and oxygen atoms in total. The van der Waals surface area contributed by atoms with E-state index in [1.807, 2.05) is 12.1 Å². The largest absolute Gasteiger partial charge is 0.313 e. The van der Waals surface area contributed by atoms with Crippen LogP contribution < -0.4 is 5.32 Å². The zero-order valence-corrected chi connectivity index (χ0v) is 11.9. The second kappa shape index (κ2) is 7.49. The van der Waals surface area contributed by atoms with Crippen LogP contribution in [0.1, 0.15) is 26.3 Å². The summed E-state index contributed by atoms with van der Waals surface area (Å²) in [6.07, 6.45) is 0.936. The number of halogens is 1. The van der Waals surface area contributed by atoms with Crippen LogP contribution in [-0.2, 0) is 6.42 Å². The molecule has 1 atom stereocenters. The minimum Gasteiger partial charge on any atom is -0.313 e. The van der Waals surface area contributed by atoms with Crippen molar-refractivity contribution < 1.29 is 4.39 Å². The first-order chi connectivity index (χ1) is 8.49. The Balaban J connectivity index is 2.25. The van der Waals surface area contributed by atoms with Crippen LogP contribution in [0.15, 0.2) is 24.3 Å². The number of nitrogens with one attached hydrogen (secondary N) is 1. The SMILES string of the molecule is CC(Cc1ccc(F)cc1)NCCN(C)C(C)C. The van der Waals surface area contributed by atoms with Gasteiger partial charge in [0.05, 0.1) is 0 Å². The van der Waals surface area contributed by atoms with Gasteiger partial charge in [-0.05, 0) is 51.9 Å². The molecule has 0 radical (unpaired) electrons. The molecule has 1 unspecified atom stereocenters. The summed E-state index contributed by atoms with van der Waals surface area (Å²) in [5.41, 5.74) is 1.17. The van der Waals surface area contributed by atoms with E-state index in [-0.39, 0.29) is 5.82 Å². The molecule has 0 saturated carbocycles. The van der Waals surface area contributed by atoms with Crippen LogP contribution in [0, 0.1) is 5.82 Å². The highest BCUT2D eigenvalue weighted by Gasteiger charge is 2.05. The van der Waals surface area contributed by atoms with Crippen LogP contribution in [0.25, 0.3) is 0 Å². The maximum absolute atomic E-state index is 12.8. The zero-order chi connectivity index (χ0) is 13.5. The molecular weight excluding hydrogens is 227 g/mol. The lowest BCUT2D eigenvalue weighted by atomic mass is 10.1. The Labute approximate surface area is 110 Å². The number of hydrogen-bond acceptors (Lipinski definition) is 2. The molecule has 0 heterocycles. The molecule has 0 bridgehead atoms. The quantitative estimate of drug-likeness (QED) is 0.802. The van der Waals surface area contributed by atoms with Crippen LogP contribution in [-0.4, -0.2) is 37.1 Å². The summed E-state index contributed by atoms with van der Waals surface area (Å²) in [6, 6.07) is 7.75. The molecule has 1 N–H and O–H groups in total. The molecule has 18 heavy (non-hydrogen) atoms. The molecular formula is C15H25FN2. The maximum atomic E-state index is 12.8. The van der Waals surface area contributed by atoms with E-state index in [1.54, 1.807) is 0 Å². The van der Waals surface area contributed by atoms with Crippen molar-refractivity contribution in [2.45, 2.75) is 39.3 Å². The van der Waals surface area contributed by atoms with Crippen LogP contribution in [0.5, 0.6) is 0 Å². The smallest absolute Gasteiger partial charge is 0.123 e. The van der Waals surface area contributed by atoms with Crippen LogP contribution in [0.4, 0.5) is 4.39 Å². The summed E-state index contributed by atoms with van der Waals surface area (Å²) in [5, 5.41) is 3.50. The first-order valence-corrected chi connectivity index (χ1v) is 6.67. The molecule has 3 heteroatoms. The average Bonchev–Trinajstić information content (AvgIpc) is 2.32. The van der Waals surface area contributed by atoms with Gasteiger partial charge in [-0.15, -0.1) is 0 Å². The molecule has 1 aromatic rings. The standard InChI is InChI=1S/C15H25FN2/c1-12(2)18(4)10-9-17-13(3)11-14-5-7-15(16)8-6-14/h5-8,12-13,17H,9-11H2,1-4H3. The van der Waals surface area contributed by atoms with E-state index in [4.69, 9.17) is 0 Å². The van der Waals surface area contributed by atoms with Crippen molar-refractivity contribution in [2.75, 3.05) is 20.1 Å². The third-order valence-corrected chi connectivity index (χ3v) is 3.29. The van der Waals surface area contributed by atoms with Gasteiger partial charge in [-0.25, -0.2) is 4.39 Å². The summed E-state index contributed by atoms with van der Waals surface area (Å²) in [7, 11) is 2.14. The molecule has 1 aromatic carbocycles. The Kier molecular flexibility index (Phi) is 6.30. The fraction of sp³-hybridized carbons (Fsp3) is 0.600. The minimum atomic E-state index is -0.169. The number of nitrogens with zero attached hydrogens (tertiary/aromatic N) is 1.